The second-order valence-corrected chi connectivity index (χ2v) is 3.92. The average Bonchev–Trinajstić information content (AvgIpc) is 2.42. The Morgan fingerprint density at radius 2 is 1.95 bits per heavy atom. The third-order valence-corrected chi connectivity index (χ3v) is 2.44. The number of nitro groups is 1. The van der Waals surface area contributed by atoms with Crippen LogP contribution in [0.4, 0.5) is 10.5 Å². The van der Waals surface area contributed by atoms with Crippen molar-refractivity contribution in [2.75, 3.05) is 33.4 Å². The molecule has 8 heteroatoms. The van der Waals surface area contributed by atoms with Crippen molar-refractivity contribution in [2.24, 2.45) is 0 Å². The van der Waals surface area contributed by atoms with Crippen molar-refractivity contribution >= 4 is 11.8 Å². The maximum atomic E-state index is 10.5. The minimum atomic E-state index is -1.00. The van der Waals surface area contributed by atoms with Crippen LogP contribution in [0.1, 0.15) is 0 Å². The topological polar surface area (TPSA) is 102 Å². The third-order valence-electron chi connectivity index (χ3n) is 2.44. The van der Waals surface area contributed by atoms with E-state index in [1.165, 1.54) is 31.3 Å². The van der Waals surface area contributed by atoms with Crippen LogP contribution in [-0.2, 0) is 4.74 Å². The van der Waals surface area contributed by atoms with Gasteiger partial charge in [-0.2, -0.15) is 0 Å². The van der Waals surface area contributed by atoms with Gasteiger partial charge < -0.3 is 19.5 Å². The number of amides is 1. The van der Waals surface area contributed by atoms with Crippen LogP contribution in [0.5, 0.6) is 5.75 Å². The van der Waals surface area contributed by atoms with Crippen LogP contribution < -0.4 is 4.74 Å². The predicted octanol–water partition coefficient (Wildman–Crippen LogP) is 1.60. The number of non-ortho nitro benzene ring substituents is 1. The number of nitro benzene ring substituents is 1. The zero-order valence-electron chi connectivity index (χ0n) is 11.0. The van der Waals surface area contributed by atoms with E-state index in [2.05, 4.69) is 0 Å². The summed E-state index contributed by atoms with van der Waals surface area (Å²) >= 11 is 0. The van der Waals surface area contributed by atoms with E-state index >= 15 is 0 Å². The SMILES string of the molecule is CN(CCOCCOc1ccc([N+](=O)[O-])cc1)C(=O)O. The first kappa shape index (κ1) is 15.7. The normalized spacial score (nSPS) is 10.1. The number of likely N-dealkylation sites (N-methyl/N-ethyl adjacent to an activating group) is 1. The van der Waals surface area contributed by atoms with Gasteiger partial charge in [0, 0.05) is 25.7 Å². The summed E-state index contributed by atoms with van der Waals surface area (Å²) in [5.41, 5.74) is 0.00491. The van der Waals surface area contributed by atoms with Gasteiger partial charge in [-0.3, -0.25) is 10.1 Å². The Morgan fingerprint density at radius 3 is 2.50 bits per heavy atom. The summed E-state index contributed by atoms with van der Waals surface area (Å²) in [4.78, 5) is 21.6. The zero-order valence-corrected chi connectivity index (χ0v) is 11.0. The molecule has 0 radical (unpaired) electrons. The van der Waals surface area contributed by atoms with Crippen molar-refractivity contribution in [1.29, 1.82) is 0 Å². The Balaban J connectivity index is 2.15. The van der Waals surface area contributed by atoms with Crippen LogP contribution >= 0.6 is 0 Å². The van der Waals surface area contributed by atoms with Crippen LogP contribution in [-0.4, -0.2) is 54.4 Å². The van der Waals surface area contributed by atoms with Gasteiger partial charge in [0.15, 0.2) is 0 Å². The fourth-order valence-corrected chi connectivity index (χ4v) is 1.28. The van der Waals surface area contributed by atoms with Gasteiger partial charge in [0.05, 0.1) is 18.1 Å². The van der Waals surface area contributed by atoms with Crippen LogP contribution in [0.25, 0.3) is 0 Å². The monoisotopic (exact) mass is 284 g/mol. The third kappa shape index (κ3) is 5.53. The largest absolute Gasteiger partial charge is 0.491 e. The lowest BCUT2D eigenvalue weighted by molar-refractivity contribution is -0.384. The molecule has 8 nitrogen and oxygen atoms in total. The van der Waals surface area contributed by atoms with E-state index in [-0.39, 0.29) is 25.4 Å². The molecule has 0 aromatic heterocycles. The Kier molecular flexibility index (Phi) is 6.24. The number of rotatable bonds is 8. The lowest BCUT2D eigenvalue weighted by Gasteiger charge is -2.12. The van der Waals surface area contributed by atoms with Crippen molar-refractivity contribution in [3.05, 3.63) is 34.4 Å². The van der Waals surface area contributed by atoms with Gasteiger partial charge in [0.25, 0.3) is 5.69 Å². The molecule has 0 bridgehead atoms. The molecular formula is C12H16N2O6. The number of carbonyl (C=O) groups is 1. The number of nitrogens with zero attached hydrogens (tertiary/aromatic N) is 2. The molecule has 0 fully saturated rings. The summed E-state index contributed by atoms with van der Waals surface area (Å²) in [6.45, 7) is 1.17. The predicted molar refractivity (Wildman–Crippen MR) is 70.1 cm³/mol. The first-order chi connectivity index (χ1) is 9.50. The van der Waals surface area contributed by atoms with Crippen molar-refractivity contribution < 1.29 is 24.3 Å². The molecular weight excluding hydrogens is 268 g/mol. The van der Waals surface area contributed by atoms with E-state index in [1.54, 1.807) is 0 Å². The standard InChI is InChI=1S/C12H16N2O6/c1-13(12(15)16)6-7-19-8-9-20-11-4-2-10(3-5-11)14(17)18/h2-5H,6-9H2,1H3,(H,15,16). The summed E-state index contributed by atoms with van der Waals surface area (Å²) in [5.74, 6) is 0.516. The van der Waals surface area contributed by atoms with Crippen LogP contribution in [0.15, 0.2) is 24.3 Å². The molecule has 1 aromatic rings. The van der Waals surface area contributed by atoms with Crippen LogP contribution in [0.2, 0.25) is 0 Å². The van der Waals surface area contributed by atoms with Crippen molar-refractivity contribution in [1.82, 2.24) is 4.90 Å². The average molecular weight is 284 g/mol. The maximum Gasteiger partial charge on any atom is 0.407 e. The summed E-state index contributed by atoms with van der Waals surface area (Å²) < 4.78 is 10.5. The van der Waals surface area contributed by atoms with Crippen molar-refractivity contribution in [3.63, 3.8) is 0 Å². The molecule has 0 saturated carbocycles. The van der Waals surface area contributed by atoms with E-state index in [0.717, 1.165) is 4.90 Å². The highest BCUT2D eigenvalue weighted by Crippen LogP contribution is 2.16. The van der Waals surface area contributed by atoms with Gasteiger partial charge in [-0.05, 0) is 12.1 Å². The molecule has 0 saturated heterocycles. The van der Waals surface area contributed by atoms with Gasteiger partial charge in [-0.15, -0.1) is 0 Å². The second-order valence-electron chi connectivity index (χ2n) is 3.92. The van der Waals surface area contributed by atoms with Crippen molar-refractivity contribution in [2.45, 2.75) is 0 Å². The number of hydrogen-bond donors (Lipinski definition) is 1. The first-order valence-corrected chi connectivity index (χ1v) is 5.90. The fourth-order valence-electron chi connectivity index (χ4n) is 1.28. The number of benzene rings is 1. The molecule has 1 aromatic carbocycles. The number of ether oxygens (including phenoxy) is 2. The minimum absolute atomic E-state index is 0.00491. The van der Waals surface area contributed by atoms with Gasteiger partial charge in [-0.25, -0.2) is 4.79 Å². The van der Waals surface area contributed by atoms with Crippen LogP contribution in [0.3, 0.4) is 0 Å². The Hall–Kier alpha value is -2.35. The molecule has 0 aliphatic rings. The van der Waals surface area contributed by atoms with Gasteiger partial charge in [0.2, 0.25) is 0 Å². The molecule has 20 heavy (non-hydrogen) atoms. The first-order valence-electron chi connectivity index (χ1n) is 5.90. The molecule has 0 atom stereocenters. The minimum Gasteiger partial charge on any atom is -0.491 e. The summed E-state index contributed by atoms with van der Waals surface area (Å²) in [6, 6.07) is 5.74. The quantitative estimate of drug-likeness (QED) is 0.442. The molecule has 0 heterocycles. The molecule has 110 valence electrons. The number of hydrogen-bond acceptors (Lipinski definition) is 5. The second kappa shape index (κ2) is 7.95. The highest BCUT2D eigenvalue weighted by Gasteiger charge is 2.05. The van der Waals surface area contributed by atoms with E-state index in [1.807, 2.05) is 0 Å². The highest BCUT2D eigenvalue weighted by molar-refractivity contribution is 5.64. The molecule has 1 N–H and O–H groups in total. The zero-order chi connectivity index (χ0) is 15.0. The van der Waals surface area contributed by atoms with Gasteiger partial charge in [-0.1, -0.05) is 0 Å². The molecule has 0 spiro atoms. The highest BCUT2D eigenvalue weighted by atomic mass is 16.6. The molecule has 0 aliphatic heterocycles. The smallest absolute Gasteiger partial charge is 0.407 e. The molecule has 1 rings (SSSR count). The molecule has 1 amide bonds. The Morgan fingerprint density at radius 1 is 1.30 bits per heavy atom. The summed E-state index contributed by atoms with van der Waals surface area (Å²) in [6.07, 6.45) is -1.00. The Labute approximate surface area is 115 Å². The van der Waals surface area contributed by atoms with E-state index in [4.69, 9.17) is 14.6 Å². The number of carboxylic acid groups (broad SMARTS) is 1. The molecule has 0 unspecified atom stereocenters. The van der Waals surface area contributed by atoms with E-state index in [9.17, 15) is 14.9 Å². The lowest BCUT2D eigenvalue weighted by atomic mass is 10.3. The van der Waals surface area contributed by atoms with E-state index in [0.29, 0.717) is 12.4 Å². The summed E-state index contributed by atoms with van der Waals surface area (Å²) in [5, 5.41) is 19.0. The fraction of sp³-hybridized carbons (Fsp3) is 0.417. The Bertz CT molecular complexity index is 448. The maximum absolute atomic E-state index is 10.5. The van der Waals surface area contributed by atoms with Gasteiger partial charge in [0.1, 0.15) is 12.4 Å². The van der Waals surface area contributed by atoms with E-state index < -0.39 is 11.0 Å². The molecule has 0 aliphatic carbocycles. The lowest BCUT2D eigenvalue weighted by Crippen LogP contribution is -2.28. The summed E-state index contributed by atoms with van der Waals surface area (Å²) in [7, 11) is 1.46. The van der Waals surface area contributed by atoms with Crippen LogP contribution in [0, 0.1) is 10.1 Å². The van der Waals surface area contributed by atoms with Crippen molar-refractivity contribution in [3.8, 4) is 5.75 Å². The van der Waals surface area contributed by atoms with Gasteiger partial charge >= 0.3 is 6.09 Å².